The lowest BCUT2D eigenvalue weighted by atomic mass is 9.83. The van der Waals surface area contributed by atoms with Crippen LogP contribution in [-0.4, -0.2) is 47.9 Å². The minimum absolute atomic E-state index is 0.0196. The van der Waals surface area contributed by atoms with Crippen molar-refractivity contribution in [2.75, 3.05) is 26.2 Å². The van der Waals surface area contributed by atoms with Crippen molar-refractivity contribution in [2.24, 2.45) is 11.1 Å². The Hall–Kier alpha value is -1.33. The predicted molar refractivity (Wildman–Crippen MR) is 80.5 cm³/mol. The Morgan fingerprint density at radius 3 is 2.76 bits per heavy atom. The maximum absolute atomic E-state index is 12.8. The Morgan fingerprint density at radius 2 is 2.19 bits per heavy atom. The molecule has 3 rings (SSSR count). The number of nitrogens with two attached hydrogens (primary N) is 1. The zero-order valence-electron chi connectivity index (χ0n) is 12.8. The van der Waals surface area contributed by atoms with E-state index in [9.17, 15) is 4.79 Å². The summed E-state index contributed by atoms with van der Waals surface area (Å²) >= 11 is 0. The van der Waals surface area contributed by atoms with Gasteiger partial charge in [-0.1, -0.05) is 6.42 Å². The first-order valence-corrected chi connectivity index (χ1v) is 7.89. The Kier molecular flexibility index (Phi) is 4.04. The molecule has 0 radical (unpaired) electrons. The van der Waals surface area contributed by atoms with E-state index < -0.39 is 0 Å². The van der Waals surface area contributed by atoms with Gasteiger partial charge in [-0.05, 0) is 31.9 Å². The minimum Gasteiger partial charge on any atom is -0.468 e. The molecule has 2 atom stereocenters. The number of amides is 1. The number of nitrogens with zero attached hydrogens (tertiary/aromatic N) is 2. The van der Waals surface area contributed by atoms with E-state index in [1.807, 2.05) is 24.0 Å². The molecule has 5 heteroatoms. The molecule has 1 aromatic heterocycles. The Morgan fingerprint density at radius 1 is 1.43 bits per heavy atom. The number of hydrogen-bond acceptors (Lipinski definition) is 4. The monoisotopic (exact) mass is 291 g/mol. The number of furan rings is 1. The highest BCUT2D eigenvalue weighted by molar-refractivity contribution is 5.83. The van der Waals surface area contributed by atoms with Crippen molar-refractivity contribution >= 4 is 5.91 Å². The molecule has 1 aliphatic heterocycles. The second kappa shape index (κ2) is 5.81. The third-order valence-electron chi connectivity index (χ3n) is 5.14. The van der Waals surface area contributed by atoms with Gasteiger partial charge in [0.15, 0.2) is 0 Å². The van der Waals surface area contributed by atoms with Crippen LogP contribution in [0.4, 0.5) is 0 Å². The second-order valence-corrected chi connectivity index (χ2v) is 6.56. The van der Waals surface area contributed by atoms with Crippen molar-refractivity contribution in [2.45, 2.75) is 38.8 Å². The lowest BCUT2D eigenvalue weighted by Gasteiger charge is -2.39. The molecule has 2 unspecified atom stereocenters. The Bertz CT molecular complexity index is 480. The summed E-state index contributed by atoms with van der Waals surface area (Å²) in [6.45, 7) is 6.26. The van der Waals surface area contributed by atoms with Crippen LogP contribution in [0.1, 0.15) is 31.9 Å². The zero-order valence-corrected chi connectivity index (χ0v) is 12.8. The van der Waals surface area contributed by atoms with Gasteiger partial charge in [0.2, 0.25) is 5.91 Å². The molecular formula is C16H25N3O2. The van der Waals surface area contributed by atoms with E-state index in [2.05, 4.69) is 4.90 Å². The first-order chi connectivity index (χ1) is 10.1. The second-order valence-electron chi connectivity index (χ2n) is 6.56. The molecule has 1 saturated carbocycles. The molecule has 1 aliphatic carbocycles. The van der Waals surface area contributed by atoms with Crippen molar-refractivity contribution in [3.8, 4) is 0 Å². The molecule has 0 spiro atoms. The van der Waals surface area contributed by atoms with E-state index in [0.29, 0.717) is 0 Å². The number of carbonyl (C=O) groups excluding carboxylic acids is 1. The van der Waals surface area contributed by atoms with Gasteiger partial charge in [0.05, 0.1) is 18.2 Å². The van der Waals surface area contributed by atoms with Gasteiger partial charge in [-0.3, -0.25) is 9.69 Å². The normalized spacial score (nSPS) is 30.8. The number of hydrogen-bond donors (Lipinski definition) is 1. The van der Waals surface area contributed by atoms with Crippen LogP contribution >= 0.6 is 0 Å². The highest BCUT2D eigenvalue weighted by atomic mass is 16.3. The van der Waals surface area contributed by atoms with Gasteiger partial charge in [0, 0.05) is 32.2 Å². The molecule has 116 valence electrons. The summed E-state index contributed by atoms with van der Waals surface area (Å²) in [6, 6.07) is 3.93. The van der Waals surface area contributed by atoms with Crippen LogP contribution in [0.25, 0.3) is 0 Å². The molecule has 2 aliphatic rings. The molecule has 2 heterocycles. The van der Waals surface area contributed by atoms with Crippen LogP contribution in [0.3, 0.4) is 0 Å². The van der Waals surface area contributed by atoms with Crippen LogP contribution in [0.5, 0.6) is 0 Å². The highest BCUT2D eigenvalue weighted by Crippen LogP contribution is 2.38. The van der Waals surface area contributed by atoms with Crippen molar-refractivity contribution in [3.63, 3.8) is 0 Å². The average Bonchev–Trinajstić information content (AvgIpc) is 3.11. The van der Waals surface area contributed by atoms with Crippen molar-refractivity contribution in [3.05, 3.63) is 24.2 Å². The largest absolute Gasteiger partial charge is 0.468 e. The fourth-order valence-corrected chi connectivity index (χ4v) is 3.55. The summed E-state index contributed by atoms with van der Waals surface area (Å²) in [5.41, 5.74) is 5.82. The fraction of sp³-hybridized carbons (Fsp3) is 0.688. The van der Waals surface area contributed by atoms with E-state index in [1.165, 1.54) is 0 Å². The van der Waals surface area contributed by atoms with Crippen LogP contribution < -0.4 is 5.73 Å². The maximum atomic E-state index is 12.8. The molecule has 21 heavy (non-hydrogen) atoms. The maximum Gasteiger partial charge on any atom is 0.230 e. The van der Waals surface area contributed by atoms with Gasteiger partial charge >= 0.3 is 0 Å². The molecule has 1 aromatic rings. The molecule has 5 nitrogen and oxygen atoms in total. The molecular weight excluding hydrogens is 266 g/mol. The summed E-state index contributed by atoms with van der Waals surface area (Å²) in [7, 11) is 0. The van der Waals surface area contributed by atoms with E-state index in [0.717, 1.165) is 57.7 Å². The fourth-order valence-electron chi connectivity index (χ4n) is 3.55. The van der Waals surface area contributed by atoms with Crippen LogP contribution in [0, 0.1) is 5.41 Å². The zero-order chi connectivity index (χ0) is 14.9. The first-order valence-electron chi connectivity index (χ1n) is 7.89. The van der Waals surface area contributed by atoms with E-state index >= 15 is 0 Å². The minimum atomic E-state index is -0.344. The van der Waals surface area contributed by atoms with E-state index in [-0.39, 0.29) is 17.4 Å². The molecule has 1 saturated heterocycles. The number of piperazine rings is 1. The number of rotatable bonds is 3. The molecule has 2 N–H and O–H groups in total. The number of carbonyl (C=O) groups is 1. The Labute approximate surface area is 126 Å². The summed E-state index contributed by atoms with van der Waals surface area (Å²) in [5.74, 6) is 1.24. The topological polar surface area (TPSA) is 62.7 Å². The quantitative estimate of drug-likeness (QED) is 0.915. The van der Waals surface area contributed by atoms with Gasteiger partial charge in [0.1, 0.15) is 5.76 Å². The predicted octanol–water partition coefficient (Wildman–Crippen LogP) is 1.44. The summed E-state index contributed by atoms with van der Waals surface area (Å²) in [4.78, 5) is 17.1. The molecule has 0 aromatic carbocycles. The summed E-state index contributed by atoms with van der Waals surface area (Å²) < 4.78 is 5.38. The van der Waals surface area contributed by atoms with E-state index in [4.69, 9.17) is 10.2 Å². The van der Waals surface area contributed by atoms with Crippen molar-refractivity contribution in [1.82, 2.24) is 9.80 Å². The van der Waals surface area contributed by atoms with Gasteiger partial charge in [-0.2, -0.15) is 0 Å². The third-order valence-corrected chi connectivity index (χ3v) is 5.14. The summed E-state index contributed by atoms with van der Waals surface area (Å²) in [6.07, 6.45) is 4.68. The standard InChI is InChI=1S/C16H25N3O2/c1-16(6-2-5-14(16)17)15(20)19-9-7-18(8-10-19)12-13-4-3-11-21-13/h3-4,11,14H,2,5-10,12,17H2,1H3. The lowest BCUT2D eigenvalue weighted by Crippen LogP contribution is -2.55. The van der Waals surface area contributed by atoms with Crippen LogP contribution in [0.15, 0.2) is 22.8 Å². The average molecular weight is 291 g/mol. The van der Waals surface area contributed by atoms with Gasteiger partial charge in [-0.25, -0.2) is 0 Å². The van der Waals surface area contributed by atoms with Gasteiger partial charge in [-0.15, -0.1) is 0 Å². The first kappa shape index (κ1) is 14.6. The molecule has 2 fully saturated rings. The molecule has 0 bridgehead atoms. The lowest BCUT2D eigenvalue weighted by molar-refractivity contribution is -0.143. The smallest absolute Gasteiger partial charge is 0.230 e. The van der Waals surface area contributed by atoms with Gasteiger partial charge in [0.25, 0.3) is 0 Å². The highest BCUT2D eigenvalue weighted by Gasteiger charge is 2.45. The van der Waals surface area contributed by atoms with Crippen molar-refractivity contribution < 1.29 is 9.21 Å². The third kappa shape index (κ3) is 2.85. The van der Waals surface area contributed by atoms with E-state index in [1.54, 1.807) is 6.26 Å². The molecule has 1 amide bonds. The Balaban J connectivity index is 1.54. The summed E-state index contributed by atoms with van der Waals surface area (Å²) in [5, 5.41) is 0. The van der Waals surface area contributed by atoms with Crippen LogP contribution in [-0.2, 0) is 11.3 Å². The SMILES string of the molecule is CC1(C(=O)N2CCN(Cc3ccco3)CC2)CCCC1N. The van der Waals surface area contributed by atoms with Gasteiger partial charge < -0.3 is 15.1 Å². The van der Waals surface area contributed by atoms with Crippen molar-refractivity contribution in [1.29, 1.82) is 0 Å². The van der Waals surface area contributed by atoms with Crippen LogP contribution in [0.2, 0.25) is 0 Å².